The number of carbonyl (C=O) groups excluding carboxylic acids is 1. The molecule has 5 heteroatoms. The normalized spacial score (nSPS) is 18.2. The number of methoxy groups -OCH3 is 1. The van der Waals surface area contributed by atoms with Gasteiger partial charge in [0.15, 0.2) is 0 Å². The minimum atomic E-state index is -0.955. The van der Waals surface area contributed by atoms with Crippen molar-refractivity contribution in [2.45, 2.75) is 18.5 Å². The Bertz CT molecular complexity index is 1030. The maximum Gasteiger partial charge on any atom is 0.313 e. The highest BCUT2D eigenvalue weighted by Crippen LogP contribution is 2.43. The highest BCUT2D eigenvalue weighted by atomic mass is 16.5. The van der Waals surface area contributed by atoms with Crippen LogP contribution in [-0.2, 0) is 11.3 Å². The molecule has 0 radical (unpaired) electrons. The molecule has 0 bridgehead atoms. The van der Waals surface area contributed by atoms with Crippen LogP contribution in [0.25, 0.3) is 0 Å². The van der Waals surface area contributed by atoms with Gasteiger partial charge in [-0.05, 0) is 34.9 Å². The molecular formula is C24H21NO4. The Morgan fingerprint density at radius 2 is 1.62 bits per heavy atom. The quantitative estimate of drug-likeness (QED) is 0.710. The van der Waals surface area contributed by atoms with Crippen molar-refractivity contribution < 1.29 is 19.4 Å². The molecule has 1 N–H and O–H groups in total. The summed E-state index contributed by atoms with van der Waals surface area (Å²) >= 11 is 0. The van der Waals surface area contributed by atoms with Crippen molar-refractivity contribution >= 4 is 11.9 Å². The lowest BCUT2D eigenvalue weighted by molar-refractivity contribution is -0.140. The van der Waals surface area contributed by atoms with E-state index in [0.717, 1.165) is 11.1 Å². The molecule has 3 aromatic carbocycles. The van der Waals surface area contributed by atoms with Crippen molar-refractivity contribution in [2.24, 2.45) is 0 Å². The Morgan fingerprint density at radius 1 is 0.966 bits per heavy atom. The Balaban J connectivity index is 1.87. The van der Waals surface area contributed by atoms with Crippen LogP contribution in [0.15, 0.2) is 78.9 Å². The first-order valence-electron chi connectivity index (χ1n) is 9.40. The van der Waals surface area contributed by atoms with Crippen LogP contribution in [0.4, 0.5) is 0 Å². The first kappa shape index (κ1) is 18.7. The second kappa shape index (κ2) is 7.80. The maximum atomic E-state index is 13.4. The zero-order valence-corrected chi connectivity index (χ0v) is 16.0. The van der Waals surface area contributed by atoms with E-state index in [1.165, 1.54) is 0 Å². The Labute approximate surface area is 169 Å². The largest absolute Gasteiger partial charge is 0.497 e. The monoisotopic (exact) mass is 387 g/mol. The van der Waals surface area contributed by atoms with E-state index in [9.17, 15) is 14.7 Å². The van der Waals surface area contributed by atoms with Crippen LogP contribution in [0.2, 0.25) is 0 Å². The SMILES string of the molecule is COc1ccc([C@H]2[C@@H](C(=O)O)c3ccccc3C(=O)N2Cc2ccccc2)cc1. The van der Waals surface area contributed by atoms with Gasteiger partial charge in [0.2, 0.25) is 0 Å². The summed E-state index contributed by atoms with van der Waals surface area (Å²) in [5.41, 5.74) is 2.70. The number of rotatable bonds is 5. The third kappa shape index (κ3) is 3.47. The molecule has 0 saturated carbocycles. The predicted octanol–water partition coefficient (Wildman–Crippen LogP) is 4.26. The lowest BCUT2D eigenvalue weighted by Crippen LogP contribution is -2.44. The number of nitrogens with zero attached hydrogens (tertiary/aromatic N) is 1. The molecule has 1 heterocycles. The summed E-state index contributed by atoms with van der Waals surface area (Å²) in [4.78, 5) is 27.4. The van der Waals surface area contributed by atoms with Crippen molar-refractivity contribution in [3.05, 3.63) is 101 Å². The number of amides is 1. The van der Waals surface area contributed by atoms with Crippen LogP contribution < -0.4 is 4.74 Å². The van der Waals surface area contributed by atoms with Crippen LogP contribution in [0.1, 0.15) is 39.0 Å². The average molecular weight is 387 g/mol. The summed E-state index contributed by atoms with van der Waals surface area (Å²) in [5.74, 6) is -1.30. The first-order valence-corrected chi connectivity index (χ1v) is 9.40. The summed E-state index contributed by atoms with van der Waals surface area (Å²) in [6.45, 7) is 0.328. The van der Waals surface area contributed by atoms with Crippen molar-refractivity contribution in [1.29, 1.82) is 0 Å². The van der Waals surface area contributed by atoms with Gasteiger partial charge in [-0.1, -0.05) is 60.7 Å². The highest BCUT2D eigenvalue weighted by molar-refractivity contribution is 6.00. The van der Waals surface area contributed by atoms with Gasteiger partial charge in [0.05, 0.1) is 13.2 Å². The number of benzene rings is 3. The summed E-state index contributed by atoms with van der Waals surface area (Å²) in [5, 5.41) is 10.1. The molecule has 146 valence electrons. The fourth-order valence-electron chi connectivity index (χ4n) is 3.99. The number of carboxylic acid groups (broad SMARTS) is 1. The summed E-state index contributed by atoms with van der Waals surface area (Å²) < 4.78 is 5.23. The number of ether oxygens (including phenoxy) is 1. The molecule has 0 aliphatic carbocycles. The lowest BCUT2D eigenvalue weighted by Gasteiger charge is -2.41. The fraction of sp³-hybridized carbons (Fsp3) is 0.167. The van der Waals surface area contributed by atoms with Crippen molar-refractivity contribution in [3.8, 4) is 5.75 Å². The van der Waals surface area contributed by atoms with Gasteiger partial charge in [-0.3, -0.25) is 9.59 Å². The van der Waals surface area contributed by atoms with E-state index in [1.807, 2.05) is 42.5 Å². The Morgan fingerprint density at radius 3 is 2.28 bits per heavy atom. The van der Waals surface area contributed by atoms with Crippen LogP contribution in [-0.4, -0.2) is 29.0 Å². The van der Waals surface area contributed by atoms with E-state index in [-0.39, 0.29) is 5.91 Å². The van der Waals surface area contributed by atoms with Gasteiger partial charge in [0, 0.05) is 12.1 Å². The van der Waals surface area contributed by atoms with Crippen molar-refractivity contribution in [1.82, 2.24) is 4.90 Å². The van der Waals surface area contributed by atoms with Crippen LogP contribution in [0, 0.1) is 0 Å². The second-order valence-electron chi connectivity index (χ2n) is 7.04. The zero-order valence-electron chi connectivity index (χ0n) is 16.0. The molecular weight excluding hydrogens is 366 g/mol. The average Bonchev–Trinajstić information content (AvgIpc) is 2.76. The number of hydrogen-bond donors (Lipinski definition) is 1. The smallest absolute Gasteiger partial charge is 0.313 e. The van der Waals surface area contributed by atoms with E-state index in [1.54, 1.807) is 48.4 Å². The molecule has 1 amide bonds. The van der Waals surface area contributed by atoms with Gasteiger partial charge in [-0.2, -0.15) is 0 Å². The summed E-state index contributed by atoms with van der Waals surface area (Å²) in [6.07, 6.45) is 0. The number of fused-ring (bicyclic) bond motifs is 1. The molecule has 1 aliphatic rings. The van der Waals surface area contributed by atoms with Crippen LogP contribution >= 0.6 is 0 Å². The van der Waals surface area contributed by atoms with E-state index in [2.05, 4.69) is 0 Å². The highest BCUT2D eigenvalue weighted by Gasteiger charge is 2.44. The first-order chi connectivity index (χ1) is 14.1. The number of hydrogen-bond acceptors (Lipinski definition) is 3. The Hall–Kier alpha value is -3.60. The third-order valence-electron chi connectivity index (χ3n) is 5.36. The van der Waals surface area contributed by atoms with Crippen molar-refractivity contribution in [2.75, 3.05) is 7.11 Å². The number of aliphatic carboxylic acids is 1. The summed E-state index contributed by atoms with van der Waals surface area (Å²) in [6, 6.07) is 23.2. The van der Waals surface area contributed by atoms with E-state index >= 15 is 0 Å². The zero-order chi connectivity index (χ0) is 20.4. The van der Waals surface area contributed by atoms with E-state index < -0.39 is 17.9 Å². The predicted molar refractivity (Wildman–Crippen MR) is 109 cm³/mol. The fourth-order valence-corrected chi connectivity index (χ4v) is 3.99. The molecule has 0 fully saturated rings. The van der Waals surface area contributed by atoms with Gasteiger partial charge in [-0.25, -0.2) is 0 Å². The van der Waals surface area contributed by atoms with Gasteiger partial charge in [-0.15, -0.1) is 0 Å². The molecule has 0 aromatic heterocycles. The molecule has 2 atom stereocenters. The minimum Gasteiger partial charge on any atom is -0.497 e. The topological polar surface area (TPSA) is 66.8 Å². The van der Waals surface area contributed by atoms with E-state index in [0.29, 0.717) is 23.4 Å². The molecule has 29 heavy (non-hydrogen) atoms. The van der Waals surface area contributed by atoms with Gasteiger partial charge < -0.3 is 14.7 Å². The number of carbonyl (C=O) groups is 2. The number of carboxylic acids is 1. The van der Waals surface area contributed by atoms with E-state index in [4.69, 9.17) is 4.74 Å². The standard InChI is InChI=1S/C24H21NO4/c1-29-18-13-11-17(12-14-18)22-21(24(27)28)19-9-5-6-10-20(19)23(26)25(22)15-16-7-3-2-4-8-16/h2-14,21-22H,15H2,1H3,(H,27,28)/t21-,22-/m0/s1. The van der Waals surface area contributed by atoms with Gasteiger partial charge in [0.1, 0.15) is 11.7 Å². The molecule has 3 aromatic rings. The molecule has 1 aliphatic heterocycles. The van der Waals surface area contributed by atoms with Crippen LogP contribution in [0.3, 0.4) is 0 Å². The molecule has 0 spiro atoms. The molecule has 0 unspecified atom stereocenters. The second-order valence-corrected chi connectivity index (χ2v) is 7.04. The van der Waals surface area contributed by atoms with Crippen molar-refractivity contribution in [3.63, 3.8) is 0 Å². The molecule has 0 saturated heterocycles. The summed E-state index contributed by atoms with van der Waals surface area (Å²) in [7, 11) is 1.58. The maximum absolute atomic E-state index is 13.4. The Kier molecular flexibility index (Phi) is 5.04. The molecule has 5 nitrogen and oxygen atoms in total. The van der Waals surface area contributed by atoms with Crippen LogP contribution in [0.5, 0.6) is 5.75 Å². The van der Waals surface area contributed by atoms with Gasteiger partial charge >= 0.3 is 5.97 Å². The molecule has 4 rings (SSSR count). The van der Waals surface area contributed by atoms with Gasteiger partial charge in [0.25, 0.3) is 5.91 Å². The lowest BCUT2D eigenvalue weighted by atomic mass is 9.79. The third-order valence-corrected chi connectivity index (χ3v) is 5.36. The minimum absolute atomic E-state index is 0.164.